The Hall–Kier alpha value is -1.75. The summed E-state index contributed by atoms with van der Waals surface area (Å²) in [5, 5.41) is 0. The third kappa shape index (κ3) is 3.96. The van der Waals surface area contributed by atoms with Gasteiger partial charge in [0, 0.05) is 37.2 Å². The first-order valence-corrected chi connectivity index (χ1v) is 8.57. The highest BCUT2D eigenvalue weighted by molar-refractivity contribution is 5.69. The van der Waals surface area contributed by atoms with Gasteiger partial charge in [-0.05, 0) is 44.0 Å². The van der Waals surface area contributed by atoms with Gasteiger partial charge in [0.05, 0.1) is 13.0 Å². The Morgan fingerprint density at radius 3 is 2.74 bits per heavy atom. The molecule has 3 fully saturated rings. The molecule has 2 bridgehead atoms. The molecule has 2 N–H and O–H groups in total. The molecule has 3 atom stereocenters. The molecule has 1 aliphatic carbocycles. The number of hydrogen-bond acceptors (Lipinski definition) is 5. The SMILES string of the molecule is CCOC(=O)CCN1CC2CCC1CC2Oc1ccc(N)cc1. The van der Waals surface area contributed by atoms with Crippen molar-refractivity contribution in [2.45, 2.75) is 44.8 Å². The number of fused-ring (bicyclic) bond motifs is 3. The maximum Gasteiger partial charge on any atom is 0.307 e. The van der Waals surface area contributed by atoms with Gasteiger partial charge in [-0.2, -0.15) is 0 Å². The van der Waals surface area contributed by atoms with E-state index in [0.717, 1.165) is 30.9 Å². The molecule has 3 aliphatic rings. The predicted octanol–water partition coefficient (Wildman–Crippen LogP) is 2.45. The van der Waals surface area contributed by atoms with Crippen molar-refractivity contribution in [1.82, 2.24) is 4.90 Å². The number of benzene rings is 1. The third-order valence-electron chi connectivity index (χ3n) is 4.96. The molecular weight excluding hydrogens is 292 g/mol. The van der Waals surface area contributed by atoms with Gasteiger partial charge in [-0.15, -0.1) is 0 Å². The summed E-state index contributed by atoms with van der Waals surface area (Å²) in [5.41, 5.74) is 6.47. The van der Waals surface area contributed by atoms with E-state index in [1.54, 1.807) is 0 Å². The van der Waals surface area contributed by atoms with Gasteiger partial charge in [0.1, 0.15) is 11.9 Å². The minimum Gasteiger partial charge on any atom is -0.490 e. The number of carbonyl (C=O) groups is 1. The standard InChI is InChI=1S/C18H26N2O3/c1-2-22-18(21)9-10-20-12-13-3-6-15(20)11-17(13)23-16-7-4-14(19)5-8-16/h4-5,7-8,13,15,17H,2-3,6,9-12,19H2,1H3. The van der Waals surface area contributed by atoms with Crippen LogP contribution in [0.2, 0.25) is 0 Å². The van der Waals surface area contributed by atoms with Crippen LogP contribution in [-0.4, -0.2) is 42.7 Å². The van der Waals surface area contributed by atoms with Gasteiger partial charge in [0.25, 0.3) is 0 Å². The van der Waals surface area contributed by atoms with Crippen LogP contribution in [-0.2, 0) is 9.53 Å². The van der Waals surface area contributed by atoms with Crippen molar-refractivity contribution in [1.29, 1.82) is 0 Å². The summed E-state index contributed by atoms with van der Waals surface area (Å²) in [5.74, 6) is 1.35. The average Bonchev–Trinajstić information content (AvgIpc) is 2.56. The predicted molar refractivity (Wildman–Crippen MR) is 89.2 cm³/mol. The van der Waals surface area contributed by atoms with E-state index in [1.807, 2.05) is 31.2 Å². The number of rotatable bonds is 6. The van der Waals surface area contributed by atoms with E-state index >= 15 is 0 Å². The molecule has 2 aliphatic heterocycles. The van der Waals surface area contributed by atoms with Crippen LogP contribution >= 0.6 is 0 Å². The zero-order valence-corrected chi connectivity index (χ0v) is 13.7. The monoisotopic (exact) mass is 318 g/mol. The average molecular weight is 318 g/mol. The number of nitrogens with two attached hydrogens (primary N) is 1. The van der Waals surface area contributed by atoms with Crippen LogP contribution in [0.4, 0.5) is 5.69 Å². The van der Waals surface area contributed by atoms with E-state index in [0.29, 0.717) is 25.0 Å². The summed E-state index contributed by atoms with van der Waals surface area (Å²) >= 11 is 0. The first kappa shape index (κ1) is 16.1. The Morgan fingerprint density at radius 1 is 1.30 bits per heavy atom. The summed E-state index contributed by atoms with van der Waals surface area (Å²) in [4.78, 5) is 14.0. The van der Waals surface area contributed by atoms with Crippen molar-refractivity contribution in [2.75, 3.05) is 25.4 Å². The van der Waals surface area contributed by atoms with Gasteiger partial charge in [-0.3, -0.25) is 9.69 Å². The van der Waals surface area contributed by atoms with E-state index in [9.17, 15) is 4.79 Å². The largest absolute Gasteiger partial charge is 0.490 e. The number of nitrogen functional groups attached to an aromatic ring is 1. The molecule has 0 radical (unpaired) electrons. The van der Waals surface area contributed by atoms with Crippen molar-refractivity contribution < 1.29 is 14.3 Å². The van der Waals surface area contributed by atoms with Crippen LogP contribution in [0.25, 0.3) is 0 Å². The van der Waals surface area contributed by atoms with Crippen LogP contribution in [0.5, 0.6) is 5.75 Å². The molecule has 4 rings (SSSR count). The Bertz CT molecular complexity index is 532. The fourth-order valence-electron chi connectivity index (χ4n) is 3.77. The molecule has 2 heterocycles. The number of anilines is 1. The first-order valence-electron chi connectivity index (χ1n) is 8.57. The number of carbonyl (C=O) groups excluding carboxylic acids is 1. The second kappa shape index (κ2) is 7.21. The number of piperidine rings is 2. The third-order valence-corrected chi connectivity index (χ3v) is 4.96. The van der Waals surface area contributed by atoms with Crippen molar-refractivity contribution in [3.63, 3.8) is 0 Å². The van der Waals surface area contributed by atoms with Gasteiger partial charge < -0.3 is 15.2 Å². The molecule has 0 amide bonds. The Labute approximate surface area is 137 Å². The lowest BCUT2D eigenvalue weighted by molar-refractivity contribution is -0.144. The molecule has 1 saturated carbocycles. The zero-order chi connectivity index (χ0) is 16.2. The molecule has 5 nitrogen and oxygen atoms in total. The maximum absolute atomic E-state index is 11.5. The summed E-state index contributed by atoms with van der Waals surface area (Å²) in [7, 11) is 0. The minimum absolute atomic E-state index is 0.0939. The van der Waals surface area contributed by atoms with Crippen LogP contribution < -0.4 is 10.5 Å². The normalized spacial score (nSPS) is 26.9. The van der Waals surface area contributed by atoms with Gasteiger partial charge in [0.15, 0.2) is 0 Å². The molecule has 1 aromatic rings. The Morgan fingerprint density at radius 2 is 2.09 bits per heavy atom. The number of esters is 1. The molecule has 1 aromatic carbocycles. The number of nitrogens with zero attached hydrogens (tertiary/aromatic N) is 1. The van der Waals surface area contributed by atoms with Gasteiger partial charge in [0.2, 0.25) is 0 Å². The lowest BCUT2D eigenvalue weighted by Gasteiger charge is -2.49. The molecule has 23 heavy (non-hydrogen) atoms. The molecular formula is C18H26N2O3. The molecule has 5 heteroatoms. The fraction of sp³-hybridized carbons (Fsp3) is 0.611. The minimum atomic E-state index is -0.0939. The molecule has 126 valence electrons. The second-order valence-corrected chi connectivity index (χ2v) is 6.50. The van der Waals surface area contributed by atoms with E-state index in [2.05, 4.69) is 4.90 Å². The van der Waals surface area contributed by atoms with Crippen molar-refractivity contribution in [2.24, 2.45) is 5.92 Å². The van der Waals surface area contributed by atoms with E-state index in [1.165, 1.54) is 12.8 Å². The highest BCUT2D eigenvalue weighted by Crippen LogP contribution is 2.37. The lowest BCUT2D eigenvalue weighted by Crippen LogP contribution is -2.55. The molecule has 0 spiro atoms. The van der Waals surface area contributed by atoms with Crippen LogP contribution in [0.1, 0.15) is 32.6 Å². The number of hydrogen-bond donors (Lipinski definition) is 1. The highest BCUT2D eigenvalue weighted by Gasteiger charge is 2.41. The highest BCUT2D eigenvalue weighted by atomic mass is 16.5. The smallest absolute Gasteiger partial charge is 0.307 e. The van der Waals surface area contributed by atoms with Crippen molar-refractivity contribution in [3.8, 4) is 5.75 Å². The summed E-state index contributed by atoms with van der Waals surface area (Å²) in [6, 6.07) is 8.16. The second-order valence-electron chi connectivity index (χ2n) is 6.50. The maximum atomic E-state index is 11.5. The Kier molecular flexibility index (Phi) is 5.06. The van der Waals surface area contributed by atoms with Crippen LogP contribution in [0.3, 0.4) is 0 Å². The lowest BCUT2D eigenvalue weighted by atomic mass is 9.77. The van der Waals surface area contributed by atoms with Gasteiger partial charge in [-0.1, -0.05) is 0 Å². The quantitative estimate of drug-likeness (QED) is 0.645. The van der Waals surface area contributed by atoms with Gasteiger partial charge in [-0.25, -0.2) is 0 Å². The van der Waals surface area contributed by atoms with Gasteiger partial charge >= 0.3 is 5.97 Å². The molecule has 0 aromatic heterocycles. The summed E-state index contributed by atoms with van der Waals surface area (Å²) in [6.45, 7) is 4.13. The topological polar surface area (TPSA) is 64.8 Å². The first-order chi connectivity index (χ1) is 11.2. The Balaban J connectivity index is 1.52. The zero-order valence-electron chi connectivity index (χ0n) is 13.7. The van der Waals surface area contributed by atoms with Crippen LogP contribution in [0, 0.1) is 5.92 Å². The van der Waals surface area contributed by atoms with E-state index in [4.69, 9.17) is 15.2 Å². The van der Waals surface area contributed by atoms with Crippen molar-refractivity contribution in [3.05, 3.63) is 24.3 Å². The van der Waals surface area contributed by atoms with E-state index < -0.39 is 0 Å². The summed E-state index contributed by atoms with van der Waals surface area (Å²) < 4.78 is 11.2. The van der Waals surface area contributed by atoms with E-state index in [-0.39, 0.29) is 12.1 Å². The summed E-state index contributed by atoms with van der Waals surface area (Å²) in [6.07, 6.45) is 4.21. The molecule has 3 unspecified atom stereocenters. The fourth-order valence-corrected chi connectivity index (χ4v) is 3.77. The van der Waals surface area contributed by atoms with Crippen molar-refractivity contribution >= 4 is 11.7 Å². The van der Waals surface area contributed by atoms with Crippen LogP contribution in [0.15, 0.2) is 24.3 Å². The molecule has 2 saturated heterocycles. The number of ether oxygens (including phenoxy) is 2.